The van der Waals surface area contributed by atoms with E-state index in [1.807, 2.05) is 24.3 Å². The lowest BCUT2D eigenvalue weighted by Gasteiger charge is -2.37. The molecule has 0 radical (unpaired) electrons. The van der Waals surface area contributed by atoms with Crippen LogP contribution in [0.1, 0.15) is 61.4 Å². The van der Waals surface area contributed by atoms with Crippen LogP contribution in [0.15, 0.2) is 59.1 Å². The van der Waals surface area contributed by atoms with Crippen LogP contribution in [-0.4, -0.2) is 42.3 Å². The van der Waals surface area contributed by atoms with Crippen LogP contribution in [0.2, 0.25) is 0 Å². The first kappa shape index (κ1) is 24.5. The van der Waals surface area contributed by atoms with Gasteiger partial charge in [0.15, 0.2) is 5.82 Å². The summed E-state index contributed by atoms with van der Waals surface area (Å²) in [7, 11) is 6.18. The molecule has 1 unspecified atom stereocenters. The van der Waals surface area contributed by atoms with Crippen molar-refractivity contribution in [1.29, 1.82) is 0 Å². The van der Waals surface area contributed by atoms with Crippen molar-refractivity contribution >= 4 is 0 Å². The molecule has 4 rings (SSSR count). The quantitative estimate of drug-likeness (QED) is 0.352. The summed E-state index contributed by atoms with van der Waals surface area (Å²) in [5.41, 5.74) is 2.61. The average Bonchev–Trinajstić information content (AvgIpc) is 3.32. The molecular weight excluding hydrogens is 422 g/mol. The molecule has 0 amide bonds. The lowest BCUT2D eigenvalue weighted by atomic mass is 9.75. The molecule has 34 heavy (non-hydrogen) atoms. The standard InChI is InChI=1S/C29H39N3O2/c1-32(2)27(19-13-22-7-5-4-6-8-22)25-15-9-23(10-16-25)14-20-29-30-28(31-34-29)21-24-11-17-26(33-3)18-12-24/h4-8,11-12,17-18,23,25,27H,9-10,13-16,19-21H2,1-3H3. The number of rotatable bonds is 11. The van der Waals surface area contributed by atoms with Crippen molar-refractivity contribution < 1.29 is 9.26 Å². The second-order valence-electron chi connectivity index (χ2n) is 10.0. The zero-order valence-corrected chi connectivity index (χ0v) is 21.0. The number of nitrogens with zero attached hydrogens (tertiary/aromatic N) is 3. The summed E-state index contributed by atoms with van der Waals surface area (Å²) in [4.78, 5) is 7.09. The number of ether oxygens (including phenoxy) is 1. The number of hydrogen-bond acceptors (Lipinski definition) is 5. The van der Waals surface area contributed by atoms with E-state index < -0.39 is 0 Å². The van der Waals surface area contributed by atoms with Gasteiger partial charge in [0.2, 0.25) is 5.89 Å². The third-order valence-electron chi connectivity index (χ3n) is 7.47. The molecule has 1 aliphatic rings. The van der Waals surface area contributed by atoms with Gasteiger partial charge in [0.25, 0.3) is 0 Å². The third-order valence-corrected chi connectivity index (χ3v) is 7.47. The molecule has 1 aliphatic carbocycles. The van der Waals surface area contributed by atoms with Gasteiger partial charge in [-0.25, -0.2) is 0 Å². The molecule has 1 atom stereocenters. The van der Waals surface area contributed by atoms with Crippen LogP contribution in [0.3, 0.4) is 0 Å². The summed E-state index contributed by atoms with van der Waals surface area (Å²) in [5, 5.41) is 4.20. The van der Waals surface area contributed by atoms with Crippen LogP contribution in [0, 0.1) is 11.8 Å². The minimum absolute atomic E-state index is 0.664. The maximum absolute atomic E-state index is 5.55. The van der Waals surface area contributed by atoms with E-state index in [4.69, 9.17) is 9.26 Å². The highest BCUT2D eigenvalue weighted by Gasteiger charge is 2.28. The highest BCUT2D eigenvalue weighted by Crippen LogP contribution is 2.35. The number of hydrogen-bond donors (Lipinski definition) is 0. The highest BCUT2D eigenvalue weighted by molar-refractivity contribution is 5.28. The summed E-state index contributed by atoms with van der Waals surface area (Å²) in [5.74, 6) is 3.97. The molecule has 0 bridgehead atoms. The molecule has 1 saturated carbocycles. The minimum Gasteiger partial charge on any atom is -0.497 e. The summed E-state index contributed by atoms with van der Waals surface area (Å²) < 4.78 is 10.8. The van der Waals surface area contributed by atoms with Crippen LogP contribution in [0.4, 0.5) is 0 Å². The van der Waals surface area contributed by atoms with Gasteiger partial charge in [-0.2, -0.15) is 4.98 Å². The smallest absolute Gasteiger partial charge is 0.226 e. The van der Waals surface area contributed by atoms with Crippen LogP contribution < -0.4 is 4.74 Å². The van der Waals surface area contributed by atoms with Crippen molar-refractivity contribution in [2.45, 2.75) is 63.8 Å². The second-order valence-corrected chi connectivity index (χ2v) is 10.0. The van der Waals surface area contributed by atoms with E-state index in [1.54, 1.807) is 7.11 Å². The first-order valence-corrected chi connectivity index (χ1v) is 12.8. The Morgan fingerprint density at radius 1 is 0.941 bits per heavy atom. The molecule has 5 nitrogen and oxygen atoms in total. The normalized spacial score (nSPS) is 19.3. The molecule has 1 heterocycles. The van der Waals surface area contributed by atoms with Crippen molar-refractivity contribution in [1.82, 2.24) is 15.0 Å². The molecular formula is C29H39N3O2. The Morgan fingerprint density at radius 3 is 2.35 bits per heavy atom. The molecule has 2 aromatic carbocycles. The average molecular weight is 462 g/mol. The molecule has 182 valence electrons. The van der Waals surface area contributed by atoms with E-state index in [2.05, 4.69) is 59.5 Å². The van der Waals surface area contributed by atoms with Crippen molar-refractivity contribution in [2.24, 2.45) is 11.8 Å². The Kier molecular flexibility index (Phi) is 8.75. The zero-order valence-electron chi connectivity index (χ0n) is 21.0. The van der Waals surface area contributed by atoms with Gasteiger partial charge in [0.05, 0.1) is 7.11 Å². The largest absolute Gasteiger partial charge is 0.497 e. The Balaban J connectivity index is 1.21. The first-order valence-electron chi connectivity index (χ1n) is 12.8. The Labute approximate surface area is 204 Å². The third kappa shape index (κ3) is 6.92. The number of aryl methyl sites for hydroxylation is 2. The lowest BCUT2D eigenvalue weighted by molar-refractivity contribution is 0.137. The lowest BCUT2D eigenvalue weighted by Crippen LogP contribution is -2.37. The number of benzene rings is 2. The van der Waals surface area contributed by atoms with Gasteiger partial charge in [0, 0.05) is 18.9 Å². The maximum atomic E-state index is 5.55. The van der Waals surface area contributed by atoms with E-state index in [0.717, 1.165) is 47.7 Å². The molecule has 0 saturated heterocycles. The zero-order chi connectivity index (χ0) is 23.8. The summed E-state index contributed by atoms with van der Waals surface area (Å²) in [6.07, 6.45) is 10.4. The van der Waals surface area contributed by atoms with Crippen molar-refractivity contribution in [3.63, 3.8) is 0 Å². The van der Waals surface area contributed by atoms with E-state index in [-0.39, 0.29) is 0 Å². The van der Waals surface area contributed by atoms with Gasteiger partial charge in [-0.1, -0.05) is 60.5 Å². The predicted molar refractivity (Wildman–Crippen MR) is 136 cm³/mol. The second kappa shape index (κ2) is 12.2. The Morgan fingerprint density at radius 2 is 1.68 bits per heavy atom. The number of methoxy groups -OCH3 is 1. The van der Waals surface area contributed by atoms with Crippen molar-refractivity contribution in [3.05, 3.63) is 77.4 Å². The van der Waals surface area contributed by atoms with Gasteiger partial charge >= 0.3 is 0 Å². The Bertz CT molecular complexity index is 976. The van der Waals surface area contributed by atoms with E-state index >= 15 is 0 Å². The number of aromatic nitrogens is 2. The van der Waals surface area contributed by atoms with Gasteiger partial charge in [-0.05, 0) is 81.3 Å². The fraction of sp³-hybridized carbons (Fsp3) is 0.517. The summed E-state index contributed by atoms with van der Waals surface area (Å²) in [6.45, 7) is 0. The molecule has 0 N–H and O–H groups in total. The van der Waals surface area contributed by atoms with Gasteiger partial charge in [0.1, 0.15) is 5.75 Å². The first-order chi connectivity index (χ1) is 16.6. The fourth-order valence-corrected chi connectivity index (χ4v) is 5.45. The summed E-state index contributed by atoms with van der Waals surface area (Å²) in [6, 6.07) is 19.6. The fourth-order valence-electron chi connectivity index (χ4n) is 5.45. The van der Waals surface area contributed by atoms with E-state index in [0.29, 0.717) is 12.5 Å². The van der Waals surface area contributed by atoms with Crippen LogP contribution in [-0.2, 0) is 19.3 Å². The predicted octanol–water partition coefficient (Wildman–Crippen LogP) is 5.97. The molecule has 0 spiro atoms. The summed E-state index contributed by atoms with van der Waals surface area (Å²) >= 11 is 0. The Hall–Kier alpha value is -2.66. The minimum atomic E-state index is 0.664. The molecule has 1 aromatic heterocycles. The van der Waals surface area contributed by atoms with Crippen molar-refractivity contribution in [2.75, 3.05) is 21.2 Å². The monoisotopic (exact) mass is 461 g/mol. The van der Waals surface area contributed by atoms with Gasteiger partial charge in [-0.15, -0.1) is 0 Å². The maximum Gasteiger partial charge on any atom is 0.226 e. The molecule has 3 aromatic rings. The van der Waals surface area contributed by atoms with Crippen LogP contribution in [0.5, 0.6) is 5.75 Å². The van der Waals surface area contributed by atoms with Gasteiger partial charge < -0.3 is 14.2 Å². The van der Waals surface area contributed by atoms with Crippen LogP contribution in [0.25, 0.3) is 0 Å². The molecule has 1 fully saturated rings. The van der Waals surface area contributed by atoms with Crippen LogP contribution >= 0.6 is 0 Å². The van der Waals surface area contributed by atoms with E-state index in [1.165, 1.54) is 44.1 Å². The van der Waals surface area contributed by atoms with Gasteiger partial charge in [-0.3, -0.25) is 0 Å². The SMILES string of the molecule is COc1ccc(Cc2noc(CCC3CCC(C(CCc4ccccc4)N(C)C)CC3)n2)cc1. The highest BCUT2D eigenvalue weighted by atomic mass is 16.5. The molecule has 5 heteroatoms. The molecule has 0 aliphatic heterocycles. The topological polar surface area (TPSA) is 51.4 Å². The van der Waals surface area contributed by atoms with Crippen molar-refractivity contribution in [3.8, 4) is 5.75 Å². The van der Waals surface area contributed by atoms with E-state index in [9.17, 15) is 0 Å².